The predicted molar refractivity (Wildman–Crippen MR) is 68.4 cm³/mol. The van der Waals surface area contributed by atoms with E-state index in [0.717, 1.165) is 25.9 Å². The fourth-order valence-electron chi connectivity index (χ4n) is 1.84. The average molecular weight is 257 g/mol. The van der Waals surface area contributed by atoms with Gasteiger partial charge in [0.05, 0.1) is 6.10 Å². The van der Waals surface area contributed by atoms with Crippen LogP contribution in [0.2, 0.25) is 0 Å². The van der Waals surface area contributed by atoms with Gasteiger partial charge in [-0.3, -0.25) is 4.79 Å². The van der Waals surface area contributed by atoms with Gasteiger partial charge in [-0.15, -0.1) is 0 Å². The Morgan fingerprint density at radius 1 is 1.56 bits per heavy atom. The first-order valence-corrected chi connectivity index (χ1v) is 6.36. The number of nitrogens with one attached hydrogen (secondary N) is 1. The Balaban J connectivity index is 2.32. The minimum Gasteiger partial charge on any atom is -0.409 e. The molecule has 1 unspecified atom stereocenters. The third-order valence-corrected chi connectivity index (χ3v) is 3.34. The average Bonchev–Trinajstić information content (AvgIpc) is 2.38. The molecule has 6 heteroatoms. The number of carbonyl (C=O) groups is 1. The summed E-state index contributed by atoms with van der Waals surface area (Å²) in [5, 5.41) is 14.3. The van der Waals surface area contributed by atoms with E-state index in [0.29, 0.717) is 6.54 Å². The third-order valence-electron chi connectivity index (χ3n) is 3.34. The lowest BCUT2D eigenvalue weighted by Crippen LogP contribution is -2.46. The summed E-state index contributed by atoms with van der Waals surface area (Å²) in [6, 6.07) is 0. The number of carbonyl (C=O) groups excluding carboxylic acids is 1. The highest BCUT2D eigenvalue weighted by atomic mass is 16.5. The summed E-state index contributed by atoms with van der Waals surface area (Å²) in [6.07, 6.45) is 4.41. The van der Waals surface area contributed by atoms with Gasteiger partial charge >= 0.3 is 0 Å². The fraction of sp³-hybridized carbons (Fsp3) is 0.833. The van der Waals surface area contributed by atoms with E-state index in [9.17, 15) is 4.79 Å². The molecule has 0 aromatic carbocycles. The van der Waals surface area contributed by atoms with Crippen molar-refractivity contribution in [3.8, 4) is 0 Å². The number of oxime groups is 1. The minimum absolute atomic E-state index is 0.0890. The van der Waals surface area contributed by atoms with Gasteiger partial charge in [-0.1, -0.05) is 5.16 Å². The number of hydrogen-bond donors (Lipinski definition) is 3. The molecule has 1 rings (SSSR count). The number of rotatable bonds is 5. The van der Waals surface area contributed by atoms with Gasteiger partial charge in [0.1, 0.15) is 5.41 Å². The van der Waals surface area contributed by atoms with E-state index in [-0.39, 0.29) is 17.8 Å². The van der Waals surface area contributed by atoms with E-state index in [4.69, 9.17) is 15.7 Å². The molecule has 1 heterocycles. The number of amides is 1. The van der Waals surface area contributed by atoms with Crippen molar-refractivity contribution < 1.29 is 14.7 Å². The molecule has 0 bridgehead atoms. The number of nitrogens with zero attached hydrogens (tertiary/aromatic N) is 1. The molecular weight excluding hydrogens is 234 g/mol. The summed E-state index contributed by atoms with van der Waals surface area (Å²) in [5.74, 6) is -0.331. The Morgan fingerprint density at radius 2 is 2.28 bits per heavy atom. The van der Waals surface area contributed by atoms with Crippen molar-refractivity contribution in [2.45, 2.75) is 45.6 Å². The summed E-state index contributed by atoms with van der Waals surface area (Å²) in [7, 11) is 0. The van der Waals surface area contributed by atoms with Crippen LogP contribution in [0.15, 0.2) is 5.16 Å². The quantitative estimate of drug-likeness (QED) is 0.294. The molecule has 1 amide bonds. The van der Waals surface area contributed by atoms with Crippen molar-refractivity contribution in [3.05, 3.63) is 0 Å². The summed E-state index contributed by atoms with van der Waals surface area (Å²) in [5.41, 5.74) is 4.48. The smallest absolute Gasteiger partial charge is 0.233 e. The lowest BCUT2D eigenvalue weighted by atomic mass is 9.91. The highest BCUT2D eigenvalue weighted by Crippen LogP contribution is 2.17. The molecule has 0 saturated carbocycles. The summed E-state index contributed by atoms with van der Waals surface area (Å²) in [6.45, 7) is 4.60. The first-order valence-electron chi connectivity index (χ1n) is 6.36. The van der Waals surface area contributed by atoms with Crippen LogP contribution in [0.3, 0.4) is 0 Å². The first kappa shape index (κ1) is 14.8. The summed E-state index contributed by atoms with van der Waals surface area (Å²) < 4.78 is 5.57. The molecule has 0 aromatic rings. The molecule has 104 valence electrons. The van der Waals surface area contributed by atoms with E-state index in [1.54, 1.807) is 13.8 Å². The van der Waals surface area contributed by atoms with Crippen LogP contribution < -0.4 is 11.1 Å². The number of ether oxygens (including phenoxy) is 1. The van der Waals surface area contributed by atoms with Crippen LogP contribution in [0, 0.1) is 5.41 Å². The second kappa shape index (κ2) is 6.58. The zero-order chi connectivity index (χ0) is 13.6. The highest BCUT2D eigenvalue weighted by molar-refractivity contribution is 6.05. The van der Waals surface area contributed by atoms with Crippen LogP contribution in [0.25, 0.3) is 0 Å². The fourth-order valence-corrected chi connectivity index (χ4v) is 1.84. The maximum absolute atomic E-state index is 11.9. The van der Waals surface area contributed by atoms with Crippen LogP contribution in [-0.2, 0) is 9.53 Å². The standard InChI is InChI=1S/C12H23N3O3/c1-12(2,10(13)15-17)11(16)14-7-6-9-5-3-4-8-18-9/h9,17H,3-8H2,1-2H3,(H2,13,15)(H,14,16). The lowest BCUT2D eigenvalue weighted by molar-refractivity contribution is -0.126. The zero-order valence-electron chi connectivity index (χ0n) is 11.1. The normalized spacial score (nSPS) is 21.7. The van der Waals surface area contributed by atoms with Crippen molar-refractivity contribution in [3.63, 3.8) is 0 Å². The molecule has 0 radical (unpaired) electrons. The molecule has 1 aliphatic heterocycles. The maximum atomic E-state index is 11.9. The Kier molecular flexibility index (Phi) is 5.40. The van der Waals surface area contributed by atoms with E-state index in [1.165, 1.54) is 6.42 Å². The highest BCUT2D eigenvalue weighted by Gasteiger charge is 2.32. The van der Waals surface area contributed by atoms with Gasteiger partial charge in [0.25, 0.3) is 0 Å². The zero-order valence-corrected chi connectivity index (χ0v) is 11.1. The largest absolute Gasteiger partial charge is 0.409 e. The van der Waals surface area contributed by atoms with Gasteiger partial charge in [-0.05, 0) is 39.5 Å². The van der Waals surface area contributed by atoms with E-state index < -0.39 is 5.41 Å². The monoisotopic (exact) mass is 257 g/mol. The number of amidine groups is 1. The van der Waals surface area contributed by atoms with Gasteiger partial charge < -0.3 is 21.0 Å². The van der Waals surface area contributed by atoms with Crippen molar-refractivity contribution >= 4 is 11.7 Å². The van der Waals surface area contributed by atoms with Gasteiger partial charge in [-0.2, -0.15) is 0 Å². The Labute approximate surface area is 108 Å². The number of hydrogen-bond acceptors (Lipinski definition) is 4. The second-order valence-corrected chi connectivity index (χ2v) is 5.14. The molecule has 1 fully saturated rings. The molecular formula is C12H23N3O3. The molecule has 0 spiro atoms. The van der Waals surface area contributed by atoms with Crippen LogP contribution in [0.1, 0.15) is 39.5 Å². The van der Waals surface area contributed by atoms with Crippen LogP contribution in [0.5, 0.6) is 0 Å². The van der Waals surface area contributed by atoms with Crippen molar-refractivity contribution in [2.75, 3.05) is 13.2 Å². The van der Waals surface area contributed by atoms with Gasteiger partial charge in [0, 0.05) is 13.2 Å². The van der Waals surface area contributed by atoms with E-state index >= 15 is 0 Å². The van der Waals surface area contributed by atoms with Crippen LogP contribution in [-0.4, -0.2) is 36.2 Å². The Bertz CT molecular complexity index is 310. The SMILES string of the molecule is CC(C)(C(=O)NCCC1CCCCO1)C(N)=NO. The third kappa shape index (κ3) is 3.87. The Morgan fingerprint density at radius 3 is 2.83 bits per heavy atom. The van der Waals surface area contributed by atoms with Crippen molar-refractivity contribution in [2.24, 2.45) is 16.3 Å². The van der Waals surface area contributed by atoms with Gasteiger partial charge in [0.2, 0.25) is 5.91 Å². The van der Waals surface area contributed by atoms with Gasteiger partial charge in [0.15, 0.2) is 5.84 Å². The topological polar surface area (TPSA) is 96.9 Å². The van der Waals surface area contributed by atoms with Crippen LogP contribution in [0.4, 0.5) is 0 Å². The molecule has 0 aromatic heterocycles. The number of nitrogens with two attached hydrogens (primary N) is 1. The molecule has 0 aliphatic carbocycles. The van der Waals surface area contributed by atoms with E-state index in [1.807, 2.05) is 0 Å². The summed E-state index contributed by atoms with van der Waals surface area (Å²) >= 11 is 0. The van der Waals surface area contributed by atoms with Gasteiger partial charge in [-0.25, -0.2) is 0 Å². The van der Waals surface area contributed by atoms with Crippen molar-refractivity contribution in [1.82, 2.24) is 5.32 Å². The molecule has 18 heavy (non-hydrogen) atoms. The van der Waals surface area contributed by atoms with Crippen LogP contribution >= 0.6 is 0 Å². The maximum Gasteiger partial charge on any atom is 0.233 e. The second-order valence-electron chi connectivity index (χ2n) is 5.14. The summed E-state index contributed by atoms with van der Waals surface area (Å²) in [4.78, 5) is 11.9. The molecule has 6 nitrogen and oxygen atoms in total. The lowest BCUT2D eigenvalue weighted by Gasteiger charge is -2.25. The predicted octanol–water partition coefficient (Wildman–Crippen LogP) is 0.834. The molecule has 1 atom stereocenters. The molecule has 4 N–H and O–H groups in total. The van der Waals surface area contributed by atoms with Crippen molar-refractivity contribution in [1.29, 1.82) is 0 Å². The molecule has 1 saturated heterocycles. The molecule has 1 aliphatic rings. The Hall–Kier alpha value is -1.30. The minimum atomic E-state index is -0.998. The first-order chi connectivity index (χ1) is 8.48. The van der Waals surface area contributed by atoms with E-state index in [2.05, 4.69) is 10.5 Å².